The van der Waals surface area contributed by atoms with Crippen LogP contribution < -0.4 is 15.6 Å². The van der Waals surface area contributed by atoms with E-state index in [1.54, 1.807) is 6.92 Å². The normalized spacial score (nSPS) is 17.5. The first kappa shape index (κ1) is 21.0. The molecule has 4 heteroatoms. The minimum absolute atomic E-state index is 0.0702. The van der Waals surface area contributed by atoms with Crippen LogP contribution in [0.5, 0.6) is 0 Å². The molecule has 1 fully saturated rings. The van der Waals surface area contributed by atoms with Crippen LogP contribution in [0.25, 0.3) is 0 Å². The van der Waals surface area contributed by atoms with E-state index in [4.69, 9.17) is 4.74 Å². The number of ether oxygens (including phenoxy) is 1. The molecule has 3 aromatic carbocycles. The molecule has 0 N–H and O–H groups in total. The molecule has 0 aliphatic carbocycles. The highest BCUT2D eigenvalue weighted by molar-refractivity contribution is 7.13. The molecule has 1 aliphatic heterocycles. The van der Waals surface area contributed by atoms with Gasteiger partial charge < -0.3 is 9.53 Å². The highest BCUT2D eigenvalue weighted by Gasteiger charge is 2.52. The number of Topliss-reactive ketones (excluding diaryl/α,β-unsaturated/α-hetero) is 1. The second kappa shape index (κ2) is 9.27. The number of carbonyl (C=O) groups excluding carboxylic acids is 2. The number of rotatable bonds is 7. The molecule has 0 radical (unpaired) electrons. The Bertz CT molecular complexity index is 979. The van der Waals surface area contributed by atoms with Crippen molar-refractivity contribution in [3.05, 3.63) is 103 Å². The summed E-state index contributed by atoms with van der Waals surface area (Å²) >= 11 is 0. The molecule has 3 aromatic rings. The van der Waals surface area contributed by atoms with E-state index < -0.39 is 8.07 Å². The molecule has 0 bridgehead atoms. The molecule has 1 heterocycles. The van der Waals surface area contributed by atoms with Crippen LogP contribution in [0.2, 0.25) is 5.54 Å². The summed E-state index contributed by atoms with van der Waals surface area (Å²) in [6.07, 6.45) is 2.93. The van der Waals surface area contributed by atoms with Crippen molar-refractivity contribution in [3.8, 4) is 0 Å². The van der Waals surface area contributed by atoms with Gasteiger partial charge in [-0.2, -0.15) is 0 Å². The smallest absolute Gasteiger partial charge is 0.333 e. The maximum absolute atomic E-state index is 12.8. The molecule has 1 aliphatic rings. The Balaban J connectivity index is 1.98. The van der Waals surface area contributed by atoms with Crippen molar-refractivity contribution in [1.29, 1.82) is 0 Å². The highest BCUT2D eigenvalue weighted by atomic mass is 28.3. The van der Waals surface area contributed by atoms with Gasteiger partial charge in [-0.1, -0.05) is 97.1 Å². The summed E-state index contributed by atoms with van der Waals surface area (Å²) in [4.78, 5) is 24.4. The monoisotopic (exact) mass is 426 g/mol. The predicted molar refractivity (Wildman–Crippen MR) is 127 cm³/mol. The lowest BCUT2D eigenvalue weighted by molar-refractivity contribution is -0.135. The van der Waals surface area contributed by atoms with Crippen LogP contribution in [0.1, 0.15) is 19.8 Å². The third kappa shape index (κ3) is 4.03. The Morgan fingerprint density at radius 2 is 1.32 bits per heavy atom. The Hall–Kier alpha value is -3.24. The molecular formula is C27H26O3Si. The largest absolute Gasteiger partial charge is 0.462 e. The number of esters is 1. The van der Waals surface area contributed by atoms with Gasteiger partial charge in [0.05, 0.1) is 6.61 Å². The Morgan fingerprint density at radius 1 is 0.871 bits per heavy atom. The van der Waals surface area contributed by atoms with E-state index in [1.165, 1.54) is 15.6 Å². The van der Waals surface area contributed by atoms with Gasteiger partial charge in [0.25, 0.3) is 0 Å². The molecule has 1 atom stereocenters. The Labute approximate surface area is 184 Å². The average molecular weight is 427 g/mol. The van der Waals surface area contributed by atoms with Crippen LogP contribution in [-0.4, -0.2) is 26.4 Å². The van der Waals surface area contributed by atoms with Crippen molar-refractivity contribution < 1.29 is 14.3 Å². The molecule has 0 saturated carbocycles. The zero-order valence-corrected chi connectivity index (χ0v) is 18.7. The highest BCUT2D eigenvalue weighted by Crippen LogP contribution is 2.36. The van der Waals surface area contributed by atoms with E-state index in [2.05, 4.69) is 72.8 Å². The molecule has 31 heavy (non-hydrogen) atoms. The van der Waals surface area contributed by atoms with Crippen molar-refractivity contribution in [2.24, 2.45) is 0 Å². The quantitative estimate of drug-likeness (QED) is 0.252. The standard InChI is InChI=1S/C27H26O3Si/c1-21(28)12-11-19-25-26(20-30-27(25)29)31(22-13-5-2-6-14-22,23-15-7-3-8-16-23)24-17-9-4-10-18-24/h2-10,13-19,26H,11-12,20H2,1H3/b25-19-/t26-/m1/s1. The van der Waals surface area contributed by atoms with Crippen LogP contribution in [0.15, 0.2) is 103 Å². The summed E-state index contributed by atoms with van der Waals surface area (Å²) in [6.45, 7) is 1.94. The first-order chi connectivity index (χ1) is 15.1. The van der Waals surface area contributed by atoms with Gasteiger partial charge >= 0.3 is 5.97 Å². The summed E-state index contributed by atoms with van der Waals surface area (Å²) in [6, 6.07) is 31.6. The van der Waals surface area contributed by atoms with E-state index in [9.17, 15) is 9.59 Å². The number of ketones is 1. The molecule has 0 amide bonds. The second-order valence-electron chi connectivity index (χ2n) is 7.96. The fraction of sp³-hybridized carbons (Fsp3) is 0.185. The number of cyclic esters (lactones) is 1. The van der Waals surface area contributed by atoms with Crippen LogP contribution in [-0.2, 0) is 14.3 Å². The lowest BCUT2D eigenvalue weighted by Crippen LogP contribution is -2.70. The lowest BCUT2D eigenvalue weighted by atomic mass is 10.1. The van der Waals surface area contributed by atoms with E-state index in [1.807, 2.05) is 24.3 Å². The Morgan fingerprint density at radius 3 is 1.74 bits per heavy atom. The van der Waals surface area contributed by atoms with Gasteiger partial charge in [-0.3, -0.25) is 0 Å². The van der Waals surface area contributed by atoms with Gasteiger partial charge in [0.1, 0.15) is 5.78 Å². The maximum atomic E-state index is 12.8. The second-order valence-corrected chi connectivity index (χ2v) is 12.0. The van der Waals surface area contributed by atoms with Gasteiger partial charge in [-0.25, -0.2) is 4.79 Å². The van der Waals surface area contributed by atoms with Crippen molar-refractivity contribution in [1.82, 2.24) is 0 Å². The molecular weight excluding hydrogens is 400 g/mol. The maximum Gasteiger partial charge on any atom is 0.333 e. The minimum Gasteiger partial charge on any atom is -0.462 e. The fourth-order valence-corrected chi connectivity index (χ4v) is 10.1. The van der Waals surface area contributed by atoms with E-state index in [-0.39, 0.29) is 17.3 Å². The molecule has 1 saturated heterocycles. The number of carbonyl (C=O) groups is 2. The van der Waals surface area contributed by atoms with E-state index >= 15 is 0 Å². The fourth-order valence-electron chi connectivity index (χ4n) is 4.70. The first-order valence-electron chi connectivity index (χ1n) is 10.7. The third-order valence-corrected chi connectivity index (χ3v) is 11.3. The molecule has 156 valence electrons. The van der Waals surface area contributed by atoms with Gasteiger partial charge in [0.15, 0.2) is 8.07 Å². The first-order valence-corrected chi connectivity index (χ1v) is 12.7. The summed E-state index contributed by atoms with van der Waals surface area (Å²) in [5.41, 5.74) is 0.642. The zero-order valence-electron chi connectivity index (χ0n) is 17.7. The molecule has 3 nitrogen and oxygen atoms in total. The summed E-state index contributed by atoms with van der Waals surface area (Å²) in [7, 11) is -2.67. The van der Waals surface area contributed by atoms with Crippen molar-refractivity contribution in [2.45, 2.75) is 25.3 Å². The van der Waals surface area contributed by atoms with Gasteiger partial charge in [0.2, 0.25) is 0 Å². The van der Waals surface area contributed by atoms with Gasteiger partial charge in [-0.15, -0.1) is 0 Å². The third-order valence-electron chi connectivity index (χ3n) is 6.06. The number of hydrogen-bond acceptors (Lipinski definition) is 3. The van der Waals surface area contributed by atoms with E-state index in [0.717, 1.165) is 0 Å². The van der Waals surface area contributed by atoms with Crippen molar-refractivity contribution in [2.75, 3.05) is 6.61 Å². The summed E-state index contributed by atoms with van der Waals surface area (Å²) in [5.74, 6) is -0.134. The molecule has 0 unspecified atom stereocenters. The Kier molecular flexibility index (Phi) is 6.28. The number of allylic oxidation sites excluding steroid dienone is 1. The topological polar surface area (TPSA) is 43.4 Å². The predicted octanol–water partition coefficient (Wildman–Crippen LogP) is 3.38. The van der Waals surface area contributed by atoms with Gasteiger partial charge in [-0.05, 0) is 28.9 Å². The number of hydrogen-bond donors (Lipinski definition) is 0. The van der Waals surface area contributed by atoms with Crippen LogP contribution >= 0.6 is 0 Å². The van der Waals surface area contributed by atoms with Crippen LogP contribution in [0.3, 0.4) is 0 Å². The van der Waals surface area contributed by atoms with Gasteiger partial charge in [0, 0.05) is 17.5 Å². The minimum atomic E-state index is -2.67. The zero-order chi connectivity index (χ0) is 21.7. The van der Waals surface area contributed by atoms with Crippen molar-refractivity contribution >= 4 is 35.4 Å². The molecule has 4 rings (SSSR count). The molecule has 0 aromatic heterocycles. The summed E-state index contributed by atoms with van der Waals surface area (Å²) in [5, 5.41) is 3.73. The molecule has 0 spiro atoms. The van der Waals surface area contributed by atoms with Crippen LogP contribution in [0, 0.1) is 0 Å². The lowest BCUT2D eigenvalue weighted by Gasteiger charge is -2.38. The van der Waals surface area contributed by atoms with E-state index in [0.29, 0.717) is 25.0 Å². The number of benzene rings is 3. The summed E-state index contributed by atoms with van der Waals surface area (Å²) < 4.78 is 5.65. The van der Waals surface area contributed by atoms with Crippen molar-refractivity contribution in [3.63, 3.8) is 0 Å². The average Bonchev–Trinajstić information content (AvgIpc) is 3.17. The van der Waals surface area contributed by atoms with Crippen LogP contribution in [0.4, 0.5) is 0 Å². The SMILES string of the molecule is CC(=O)CC/C=C1\C(=O)OC[C@H]1[Si](c1ccccc1)(c1ccccc1)c1ccccc1.